The fraction of sp³-hybridized carbons (Fsp3) is 0.0556. The SMILES string of the molecule is O=C(NN=Cc1cccc2ccccc12)c1ccc(CO)nc1. The van der Waals surface area contributed by atoms with Gasteiger partial charge in [0.2, 0.25) is 0 Å². The predicted octanol–water partition coefficient (Wildman–Crippen LogP) is 2.49. The second kappa shape index (κ2) is 6.81. The van der Waals surface area contributed by atoms with Gasteiger partial charge in [0.05, 0.1) is 24.1 Å². The molecule has 0 saturated heterocycles. The molecule has 3 aromatic rings. The first-order valence-corrected chi connectivity index (χ1v) is 7.15. The Balaban J connectivity index is 1.73. The van der Waals surface area contributed by atoms with Crippen molar-refractivity contribution in [2.45, 2.75) is 6.61 Å². The van der Waals surface area contributed by atoms with E-state index in [2.05, 4.69) is 15.5 Å². The van der Waals surface area contributed by atoms with Crippen LogP contribution in [-0.4, -0.2) is 22.2 Å². The van der Waals surface area contributed by atoms with Gasteiger partial charge in [0.1, 0.15) is 0 Å². The van der Waals surface area contributed by atoms with E-state index in [0.717, 1.165) is 16.3 Å². The zero-order valence-corrected chi connectivity index (χ0v) is 12.3. The highest BCUT2D eigenvalue weighted by molar-refractivity contribution is 6.00. The van der Waals surface area contributed by atoms with Crippen LogP contribution in [0.2, 0.25) is 0 Å². The number of rotatable bonds is 4. The zero-order chi connectivity index (χ0) is 16.1. The normalized spacial score (nSPS) is 11.0. The van der Waals surface area contributed by atoms with E-state index in [4.69, 9.17) is 5.11 Å². The van der Waals surface area contributed by atoms with Crippen LogP contribution in [0.4, 0.5) is 0 Å². The number of carbonyl (C=O) groups excluding carboxylic acids is 1. The van der Waals surface area contributed by atoms with Crippen molar-refractivity contribution in [3.8, 4) is 0 Å². The topological polar surface area (TPSA) is 74.6 Å². The van der Waals surface area contributed by atoms with Crippen LogP contribution in [0, 0.1) is 0 Å². The largest absolute Gasteiger partial charge is 0.390 e. The molecule has 0 aliphatic rings. The molecule has 114 valence electrons. The Morgan fingerprint density at radius 1 is 1.13 bits per heavy atom. The van der Waals surface area contributed by atoms with Crippen molar-refractivity contribution in [1.82, 2.24) is 10.4 Å². The van der Waals surface area contributed by atoms with E-state index in [-0.39, 0.29) is 12.5 Å². The molecular weight excluding hydrogens is 290 g/mol. The smallest absolute Gasteiger partial charge is 0.272 e. The lowest BCUT2D eigenvalue weighted by atomic mass is 10.1. The van der Waals surface area contributed by atoms with Crippen molar-refractivity contribution in [2.24, 2.45) is 5.10 Å². The van der Waals surface area contributed by atoms with Gasteiger partial charge < -0.3 is 5.11 Å². The molecule has 0 radical (unpaired) electrons. The summed E-state index contributed by atoms with van der Waals surface area (Å²) in [6, 6.07) is 17.1. The minimum atomic E-state index is -0.349. The van der Waals surface area contributed by atoms with E-state index >= 15 is 0 Å². The van der Waals surface area contributed by atoms with E-state index in [1.54, 1.807) is 18.3 Å². The minimum absolute atomic E-state index is 0.152. The molecule has 1 aromatic heterocycles. The Morgan fingerprint density at radius 2 is 1.96 bits per heavy atom. The fourth-order valence-electron chi connectivity index (χ4n) is 2.24. The number of nitrogens with zero attached hydrogens (tertiary/aromatic N) is 2. The van der Waals surface area contributed by atoms with Crippen LogP contribution in [0.5, 0.6) is 0 Å². The molecular formula is C18H15N3O2. The molecule has 0 spiro atoms. The summed E-state index contributed by atoms with van der Waals surface area (Å²) >= 11 is 0. The van der Waals surface area contributed by atoms with Crippen molar-refractivity contribution < 1.29 is 9.90 Å². The van der Waals surface area contributed by atoms with Crippen molar-refractivity contribution in [1.29, 1.82) is 0 Å². The summed E-state index contributed by atoms with van der Waals surface area (Å²) in [5, 5.41) is 15.1. The molecule has 0 saturated carbocycles. The number of fused-ring (bicyclic) bond motifs is 1. The Morgan fingerprint density at radius 3 is 2.74 bits per heavy atom. The molecule has 0 fully saturated rings. The van der Waals surface area contributed by atoms with E-state index in [0.29, 0.717) is 11.3 Å². The second-order valence-electron chi connectivity index (χ2n) is 4.96. The number of aliphatic hydroxyl groups is 1. The number of hydrogen-bond donors (Lipinski definition) is 2. The maximum atomic E-state index is 12.0. The quantitative estimate of drug-likeness (QED) is 0.574. The van der Waals surface area contributed by atoms with Gasteiger partial charge in [-0.1, -0.05) is 42.5 Å². The predicted molar refractivity (Wildman–Crippen MR) is 89.2 cm³/mol. The second-order valence-corrected chi connectivity index (χ2v) is 4.96. The number of carbonyl (C=O) groups is 1. The summed E-state index contributed by atoms with van der Waals surface area (Å²) in [6.45, 7) is -0.152. The monoisotopic (exact) mass is 305 g/mol. The van der Waals surface area contributed by atoms with Gasteiger partial charge in [0.25, 0.3) is 5.91 Å². The first-order valence-electron chi connectivity index (χ1n) is 7.15. The van der Waals surface area contributed by atoms with E-state index in [1.807, 2.05) is 42.5 Å². The number of hydrazone groups is 1. The van der Waals surface area contributed by atoms with Gasteiger partial charge in [0.15, 0.2) is 0 Å². The number of aromatic nitrogens is 1. The van der Waals surface area contributed by atoms with Gasteiger partial charge >= 0.3 is 0 Å². The van der Waals surface area contributed by atoms with Gasteiger partial charge in [-0.2, -0.15) is 5.10 Å². The van der Waals surface area contributed by atoms with Crippen LogP contribution in [0.1, 0.15) is 21.6 Å². The zero-order valence-electron chi connectivity index (χ0n) is 12.3. The fourth-order valence-corrected chi connectivity index (χ4v) is 2.24. The number of pyridine rings is 1. The van der Waals surface area contributed by atoms with Gasteiger partial charge in [-0.05, 0) is 22.9 Å². The van der Waals surface area contributed by atoms with Crippen molar-refractivity contribution in [3.05, 3.63) is 77.6 Å². The molecule has 3 rings (SSSR count). The lowest BCUT2D eigenvalue weighted by Crippen LogP contribution is -2.18. The summed E-state index contributed by atoms with van der Waals surface area (Å²) in [5.74, 6) is -0.349. The summed E-state index contributed by atoms with van der Waals surface area (Å²) in [6.07, 6.45) is 3.03. The number of hydrogen-bond acceptors (Lipinski definition) is 4. The van der Waals surface area contributed by atoms with Gasteiger partial charge in [-0.3, -0.25) is 9.78 Å². The maximum Gasteiger partial charge on any atom is 0.272 e. The van der Waals surface area contributed by atoms with Gasteiger partial charge in [0, 0.05) is 11.8 Å². The van der Waals surface area contributed by atoms with E-state index in [9.17, 15) is 4.79 Å². The van der Waals surface area contributed by atoms with E-state index < -0.39 is 0 Å². The van der Waals surface area contributed by atoms with Crippen LogP contribution in [0.15, 0.2) is 65.9 Å². The molecule has 0 atom stereocenters. The van der Waals surface area contributed by atoms with Crippen molar-refractivity contribution in [2.75, 3.05) is 0 Å². The van der Waals surface area contributed by atoms with Crippen LogP contribution in [0.25, 0.3) is 10.8 Å². The molecule has 0 bridgehead atoms. The highest BCUT2D eigenvalue weighted by Crippen LogP contribution is 2.16. The van der Waals surface area contributed by atoms with Crippen molar-refractivity contribution >= 4 is 22.9 Å². The molecule has 0 aliphatic carbocycles. The van der Waals surface area contributed by atoms with E-state index in [1.165, 1.54) is 6.20 Å². The molecule has 1 amide bonds. The summed E-state index contributed by atoms with van der Waals surface area (Å²) in [7, 11) is 0. The lowest BCUT2D eigenvalue weighted by Gasteiger charge is -2.02. The van der Waals surface area contributed by atoms with Crippen LogP contribution < -0.4 is 5.43 Å². The summed E-state index contributed by atoms with van der Waals surface area (Å²) in [5.41, 5.74) is 4.31. The highest BCUT2D eigenvalue weighted by Gasteiger charge is 2.04. The molecule has 23 heavy (non-hydrogen) atoms. The summed E-state index contributed by atoms with van der Waals surface area (Å²) < 4.78 is 0. The molecule has 2 N–H and O–H groups in total. The minimum Gasteiger partial charge on any atom is -0.390 e. The Labute approximate surface area is 133 Å². The first-order chi connectivity index (χ1) is 11.3. The lowest BCUT2D eigenvalue weighted by molar-refractivity contribution is 0.0954. The molecule has 2 aromatic carbocycles. The Kier molecular flexibility index (Phi) is 4.40. The number of amides is 1. The van der Waals surface area contributed by atoms with Crippen LogP contribution in [-0.2, 0) is 6.61 Å². The molecule has 5 heteroatoms. The van der Waals surface area contributed by atoms with Gasteiger partial charge in [-0.25, -0.2) is 5.43 Å². The number of benzene rings is 2. The average molecular weight is 305 g/mol. The average Bonchev–Trinajstić information content (AvgIpc) is 2.62. The number of aliphatic hydroxyl groups excluding tert-OH is 1. The molecule has 0 unspecified atom stereocenters. The molecule has 0 aliphatic heterocycles. The van der Waals surface area contributed by atoms with Gasteiger partial charge in [-0.15, -0.1) is 0 Å². The summed E-state index contributed by atoms with van der Waals surface area (Å²) in [4.78, 5) is 15.9. The van der Waals surface area contributed by atoms with Crippen molar-refractivity contribution in [3.63, 3.8) is 0 Å². The highest BCUT2D eigenvalue weighted by atomic mass is 16.3. The maximum absolute atomic E-state index is 12.0. The standard InChI is InChI=1S/C18H15N3O2/c22-12-16-9-8-15(10-19-16)18(23)21-20-11-14-6-3-5-13-4-1-2-7-17(13)14/h1-11,22H,12H2,(H,21,23). The molecule has 5 nitrogen and oxygen atoms in total. The Hall–Kier alpha value is -3.05. The third kappa shape index (κ3) is 3.41. The third-order valence-electron chi connectivity index (χ3n) is 3.44. The molecule has 1 heterocycles. The third-order valence-corrected chi connectivity index (χ3v) is 3.44. The number of nitrogens with one attached hydrogen (secondary N) is 1. The van der Waals surface area contributed by atoms with Crippen LogP contribution in [0.3, 0.4) is 0 Å². The Bertz CT molecular complexity index is 852. The first kappa shape index (κ1) is 14.9. The van der Waals surface area contributed by atoms with Crippen LogP contribution >= 0.6 is 0 Å².